The van der Waals surface area contributed by atoms with Gasteiger partial charge in [0.15, 0.2) is 0 Å². The Morgan fingerprint density at radius 1 is 1.38 bits per heavy atom. The summed E-state index contributed by atoms with van der Waals surface area (Å²) in [4.78, 5) is 4.51. The zero-order valence-electron chi connectivity index (χ0n) is 8.26. The molecule has 1 aliphatic rings. The van der Waals surface area contributed by atoms with Gasteiger partial charge in [0, 0.05) is 18.5 Å². The largest absolute Gasteiger partial charge is 0.459 e. The van der Waals surface area contributed by atoms with E-state index in [2.05, 4.69) is 24.9 Å². The summed E-state index contributed by atoms with van der Waals surface area (Å²) < 4.78 is 5.73. The van der Waals surface area contributed by atoms with E-state index < -0.39 is 0 Å². The fourth-order valence-corrected chi connectivity index (χ4v) is 1.86. The minimum absolute atomic E-state index is 0.919. The van der Waals surface area contributed by atoms with Crippen molar-refractivity contribution in [1.29, 1.82) is 0 Å². The van der Waals surface area contributed by atoms with Crippen LogP contribution >= 0.6 is 0 Å². The van der Waals surface area contributed by atoms with E-state index >= 15 is 0 Å². The van der Waals surface area contributed by atoms with Crippen LogP contribution < -0.4 is 10.8 Å². The summed E-state index contributed by atoms with van der Waals surface area (Å²) in [5.74, 6) is 1.12. The van der Waals surface area contributed by atoms with Gasteiger partial charge in [-0.1, -0.05) is 13.8 Å². The maximum Gasteiger partial charge on any atom is 0.148 e. The molecule has 2 heterocycles. The molecular weight excluding hydrogens is 162 g/mol. The van der Waals surface area contributed by atoms with Gasteiger partial charge in [-0.05, 0) is 18.9 Å². The van der Waals surface area contributed by atoms with Crippen LogP contribution in [0.15, 0.2) is 9.41 Å². The minimum Gasteiger partial charge on any atom is -0.459 e. The van der Waals surface area contributed by atoms with Gasteiger partial charge in [-0.2, -0.15) is 0 Å². The predicted octanol–water partition coefficient (Wildman–Crippen LogP) is 1.21. The van der Waals surface area contributed by atoms with Gasteiger partial charge in [-0.25, -0.2) is 0 Å². The molecular formula is C11H15NO. The first kappa shape index (κ1) is 8.54. The Morgan fingerprint density at radius 3 is 2.92 bits per heavy atom. The van der Waals surface area contributed by atoms with Crippen molar-refractivity contribution >= 4 is 6.08 Å². The first-order chi connectivity index (χ1) is 6.36. The Labute approximate surface area is 78.0 Å². The smallest absolute Gasteiger partial charge is 0.148 e. The first-order valence-corrected chi connectivity index (χ1v) is 5.02. The van der Waals surface area contributed by atoms with Crippen molar-refractivity contribution in [3.05, 3.63) is 22.1 Å². The summed E-state index contributed by atoms with van der Waals surface area (Å²) in [5, 5.41) is 1.12. The average molecular weight is 177 g/mol. The molecule has 0 radical (unpaired) electrons. The van der Waals surface area contributed by atoms with Crippen LogP contribution in [-0.2, 0) is 12.8 Å². The van der Waals surface area contributed by atoms with Gasteiger partial charge in [0.25, 0.3) is 0 Å². The highest BCUT2D eigenvalue weighted by molar-refractivity contribution is 5.27. The third kappa shape index (κ3) is 1.30. The second-order valence-electron chi connectivity index (χ2n) is 3.30. The van der Waals surface area contributed by atoms with E-state index in [1.807, 2.05) is 0 Å². The number of hydrogen-bond acceptors (Lipinski definition) is 2. The summed E-state index contributed by atoms with van der Waals surface area (Å²) in [6.45, 7) is 5.21. The molecule has 1 aromatic heterocycles. The standard InChI is InChI=1S/C11H15NO/c1-3-8-9(4-2)13-10-6-5-7-12-11(8)10/h6H,3-5,7H2,1-2H3. The van der Waals surface area contributed by atoms with E-state index in [-0.39, 0.29) is 0 Å². The van der Waals surface area contributed by atoms with Crippen molar-refractivity contribution < 1.29 is 4.42 Å². The summed E-state index contributed by atoms with van der Waals surface area (Å²) in [5.41, 5.74) is 2.31. The van der Waals surface area contributed by atoms with E-state index in [0.29, 0.717) is 0 Å². The molecule has 1 aliphatic heterocycles. The van der Waals surface area contributed by atoms with Crippen LogP contribution in [0.4, 0.5) is 0 Å². The number of fused-ring (bicyclic) bond motifs is 1. The van der Waals surface area contributed by atoms with Crippen LogP contribution in [0, 0.1) is 0 Å². The SMILES string of the molecule is CCc1oc2c(c1CC)=NCCC=2. The highest BCUT2D eigenvalue weighted by Gasteiger charge is 2.10. The van der Waals surface area contributed by atoms with Crippen LogP contribution in [0.25, 0.3) is 6.08 Å². The molecule has 0 spiro atoms. The maximum absolute atomic E-state index is 5.73. The summed E-state index contributed by atoms with van der Waals surface area (Å²) in [6, 6.07) is 0. The monoisotopic (exact) mass is 177 g/mol. The number of nitrogens with zero attached hydrogens (tertiary/aromatic N) is 1. The van der Waals surface area contributed by atoms with Crippen LogP contribution in [0.3, 0.4) is 0 Å². The molecule has 0 aliphatic carbocycles. The van der Waals surface area contributed by atoms with Crippen LogP contribution in [0.5, 0.6) is 0 Å². The summed E-state index contributed by atoms with van der Waals surface area (Å²) >= 11 is 0. The zero-order chi connectivity index (χ0) is 9.26. The Hall–Kier alpha value is -1.05. The molecule has 13 heavy (non-hydrogen) atoms. The number of aryl methyl sites for hydroxylation is 1. The molecule has 2 nitrogen and oxygen atoms in total. The second-order valence-corrected chi connectivity index (χ2v) is 3.30. The van der Waals surface area contributed by atoms with Gasteiger partial charge in [-0.15, -0.1) is 0 Å². The van der Waals surface area contributed by atoms with E-state index in [1.165, 1.54) is 5.56 Å². The van der Waals surface area contributed by atoms with Crippen LogP contribution in [-0.4, -0.2) is 6.54 Å². The van der Waals surface area contributed by atoms with Crippen molar-refractivity contribution in [2.75, 3.05) is 6.54 Å². The van der Waals surface area contributed by atoms with E-state index in [4.69, 9.17) is 4.42 Å². The normalized spacial score (nSPS) is 14.6. The lowest BCUT2D eigenvalue weighted by Crippen LogP contribution is -2.26. The van der Waals surface area contributed by atoms with Crippen molar-refractivity contribution in [2.45, 2.75) is 33.1 Å². The Kier molecular flexibility index (Phi) is 2.21. The Morgan fingerprint density at radius 2 is 2.23 bits per heavy atom. The molecule has 0 saturated carbocycles. The lowest BCUT2D eigenvalue weighted by Gasteiger charge is -1.94. The second kappa shape index (κ2) is 3.36. The van der Waals surface area contributed by atoms with Gasteiger partial charge in [0.2, 0.25) is 0 Å². The van der Waals surface area contributed by atoms with Gasteiger partial charge in [0.1, 0.15) is 16.5 Å². The number of furan rings is 1. The summed E-state index contributed by atoms with van der Waals surface area (Å²) in [6.07, 6.45) is 5.17. The fourth-order valence-electron chi connectivity index (χ4n) is 1.86. The molecule has 0 aromatic carbocycles. The zero-order valence-corrected chi connectivity index (χ0v) is 8.26. The molecule has 70 valence electrons. The number of rotatable bonds is 2. The molecule has 0 atom stereocenters. The molecule has 0 saturated heterocycles. The molecule has 0 N–H and O–H groups in total. The average Bonchev–Trinajstić information content (AvgIpc) is 2.55. The van der Waals surface area contributed by atoms with Crippen molar-refractivity contribution in [3.63, 3.8) is 0 Å². The molecule has 2 rings (SSSR count). The van der Waals surface area contributed by atoms with Gasteiger partial charge in [-0.3, -0.25) is 4.99 Å². The third-order valence-electron chi connectivity index (χ3n) is 2.49. The molecule has 0 amide bonds. The minimum atomic E-state index is 0.919. The maximum atomic E-state index is 5.73. The van der Waals surface area contributed by atoms with Crippen molar-refractivity contribution in [2.24, 2.45) is 4.99 Å². The molecule has 2 heteroatoms. The topological polar surface area (TPSA) is 25.5 Å². The number of hydrogen-bond donors (Lipinski definition) is 0. The molecule has 0 unspecified atom stereocenters. The van der Waals surface area contributed by atoms with Gasteiger partial charge < -0.3 is 4.42 Å². The van der Waals surface area contributed by atoms with Crippen molar-refractivity contribution in [3.8, 4) is 0 Å². The van der Waals surface area contributed by atoms with E-state index in [9.17, 15) is 0 Å². The van der Waals surface area contributed by atoms with E-state index in [1.54, 1.807) is 0 Å². The van der Waals surface area contributed by atoms with Crippen LogP contribution in [0.2, 0.25) is 0 Å². The van der Waals surface area contributed by atoms with Crippen LogP contribution in [0.1, 0.15) is 31.6 Å². The highest BCUT2D eigenvalue weighted by atomic mass is 16.3. The summed E-state index contributed by atoms with van der Waals surface area (Å²) in [7, 11) is 0. The lowest BCUT2D eigenvalue weighted by molar-refractivity contribution is 0.478. The first-order valence-electron chi connectivity index (χ1n) is 5.02. The Balaban J connectivity index is 2.72. The highest BCUT2D eigenvalue weighted by Crippen LogP contribution is 2.05. The van der Waals surface area contributed by atoms with E-state index in [0.717, 1.165) is 42.3 Å². The third-order valence-corrected chi connectivity index (χ3v) is 2.49. The Bertz CT molecular complexity index is 414. The molecule has 0 fully saturated rings. The molecule has 1 aromatic rings. The quantitative estimate of drug-likeness (QED) is 0.666. The molecule has 0 bridgehead atoms. The predicted molar refractivity (Wildman–Crippen MR) is 52.2 cm³/mol. The fraction of sp³-hybridized carbons (Fsp3) is 0.545. The lowest BCUT2D eigenvalue weighted by atomic mass is 10.1. The van der Waals surface area contributed by atoms with Gasteiger partial charge in [0.05, 0.1) is 0 Å². The van der Waals surface area contributed by atoms with Gasteiger partial charge >= 0.3 is 0 Å². The van der Waals surface area contributed by atoms with Crippen molar-refractivity contribution in [1.82, 2.24) is 0 Å².